The molecule has 1 rings (SSSR count). The second kappa shape index (κ2) is 6.12. The summed E-state index contributed by atoms with van der Waals surface area (Å²) in [7, 11) is 0. The number of nitrogens with zero attached hydrogens (tertiary/aromatic N) is 1. The van der Waals surface area contributed by atoms with E-state index in [4.69, 9.17) is 5.26 Å². The van der Waals surface area contributed by atoms with E-state index in [2.05, 4.69) is 19.2 Å². The van der Waals surface area contributed by atoms with Crippen LogP contribution in [0.4, 0.5) is 10.1 Å². The van der Waals surface area contributed by atoms with Crippen LogP contribution in [0.5, 0.6) is 0 Å². The third-order valence-corrected chi connectivity index (χ3v) is 2.78. The van der Waals surface area contributed by atoms with Gasteiger partial charge < -0.3 is 5.32 Å². The van der Waals surface area contributed by atoms with Crippen molar-refractivity contribution in [2.24, 2.45) is 5.92 Å². The van der Waals surface area contributed by atoms with Gasteiger partial charge in [-0.05, 0) is 24.1 Å². The minimum atomic E-state index is -0.369. The first kappa shape index (κ1) is 12.5. The smallest absolute Gasteiger partial charge is 0.126 e. The van der Waals surface area contributed by atoms with Gasteiger partial charge in [-0.1, -0.05) is 26.7 Å². The van der Waals surface area contributed by atoms with Crippen molar-refractivity contribution in [1.82, 2.24) is 0 Å². The van der Waals surface area contributed by atoms with E-state index in [1.807, 2.05) is 6.07 Å². The second-order valence-electron chi connectivity index (χ2n) is 3.90. The Kier molecular flexibility index (Phi) is 4.78. The van der Waals surface area contributed by atoms with Crippen molar-refractivity contribution in [2.75, 3.05) is 11.9 Å². The fraction of sp³-hybridized carbons (Fsp3) is 0.462. The number of nitriles is 1. The first-order valence-corrected chi connectivity index (χ1v) is 5.64. The Balaban J connectivity index is 2.67. The molecule has 0 heterocycles. The molecular formula is C13H17FN2. The summed E-state index contributed by atoms with van der Waals surface area (Å²) in [5.41, 5.74) is 1.04. The standard InChI is InChI=1S/C13H17FN2/c1-3-10(4-2)9-16-13-6-11(8-15)5-12(14)7-13/h5-7,10,16H,3-4,9H2,1-2H3. The van der Waals surface area contributed by atoms with E-state index in [1.54, 1.807) is 6.07 Å². The topological polar surface area (TPSA) is 35.8 Å². The molecule has 0 fully saturated rings. The molecule has 0 atom stereocenters. The van der Waals surface area contributed by atoms with Gasteiger partial charge in [-0.3, -0.25) is 0 Å². The summed E-state index contributed by atoms with van der Waals surface area (Å²) < 4.78 is 13.1. The maximum Gasteiger partial charge on any atom is 0.126 e. The Morgan fingerprint density at radius 2 is 2.00 bits per heavy atom. The lowest BCUT2D eigenvalue weighted by Crippen LogP contribution is -2.12. The van der Waals surface area contributed by atoms with Gasteiger partial charge >= 0.3 is 0 Å². The molecule has 1 aromatic carbocycles. The maximum absolute atomic E-state index is 13.1. The summed E-state index contributed by atoms with van der Waals surface area (Å²) in [5, 5.41) is 11.9. The molecule has 0 spiro atoms. The highest BCUT2D eigenvalue weighted by molar-refractivity contribution is 5.49. The van der Waals surface area contributed by atoms with Crippen LogP contribution >= 0.6 is 0 Å². The Hall–Kier alpha value is -1.56. The van der Waals surface area contributed by atoms with Crippen molar-refractivity contribution in [2.45, 2.75) is 26.7 Å². The zero-order valence-corrected chi connectivity index (χ0v) is 9.76. The molecule has 1 aromatic rings. The van der Waals surface area contributed by atoms with Crippen molar-refractivity contribution in [3.8, 4) is 6.07 Å². The number of halogens is 1. The monoisotopic (exact) mass is 220 g/mol. The molecule has 0 amide bonds. The highest BCUT2D eigenvalue weighted by Gasteiger charge is 2.04. The molecule has 86 valence electrons. The summed E-state index contributed by atoms with van der Waals surface area (Å²) in [4.78, 5) is 0. The molecule has 2 nitrogen and oxygen atoms in total. The van der Waals surface area contributed by atoms with Crippen molar-refractivity contribution in [3.63, 3.8) is 0 Å². The Labute approximate surface area is 96.1 Å². The zero-order chi connectivity index (χ0) is 12.0. The number of hydrogen-bond donors (Lipinski definition) is 1. The number of hydrogen-bond acceptors (Lipinski definition) is 2. The van der Waals surface area contributed by atoms with E-state index in [9.17, 15) is 4.39 Å². The van der Waals surface area contributed by atoms with Crippen molar-refractivity contribution in [3.05, 3.63) is 29.6 Å². The van der Waals surface area contributed by atoms with Gasteiger partial charge in [0.2, 0.25) is 0 Å². The second-order valence-corrected chi connectivity index (χ2v) is 3.90. The lowest BCUT2D eigenvalue weighted by Gasteiger charge is -2.14. The predicted molar refractivity (Wildman–Crippen MR) is 63.7 cm³/mol. The molecule has 16 heavy (non-hydrogen) atoms. The van der Waals surface area contributed by atoms with E-state index in [1.165, 1.54) is 12.1 Å². The summed E-state index contributed by atoms with van der Waals surface area (Å²) in [5.74, 6) is 0.222. The van der Waals surface area contributed by atoms with Gasteiger partial charge in [0, 0.05) is 12.2 Å². The third-order valence-electron chi connectivity index (χ3n) is 2.78. The lowest BCUT2D eigenvalue weighted by atomic mass is 10.0. The van der Waals surface area contributed by atoms with Crippen LogP contribution in [0.25, 0.3) is 0 Å². The van der Waals surface area contributed by atoms with Crippen LogP contribution < -0.4 is 5.32 Å². The van der Waals surface area contributed by atoms with Gasteiger partial charge in [0.05, 0.1) is 11.6 Å². The number of rotatable bonds is 5. The fourth-order valence-corrected chi connectivity index (χ4v) is 1.60. The molecular weight excluding hydrogens is 203 g/mol. The minimum Gasteiger partial charge on any atom is -0.385 e. The van der Waals surface area contributed by atoms with Crippen LogP contribution in [0, 0.1) is 23.1 Å². The Morgan fingerprint density at radius 3 is 2.56 bits per heavy atom. The molecule has 0 aliphatic carbocycles. The molecule has 0 bridgehead atoms. The number of benzene rings is 1. The van der Waals surface area contributed by atoms with Crippen LogP contribution in [-0.2, 0) is 0 Å². The third kappa shape index (κ3) is 3.54. The van der Waals surface area contributed by atoms with E-state index < -0.39 is 0 Å². The fourth-order valence-electron chi connectivity index (χ4n) is 1.60. The quantitative estimate of drug-likeness (QED) is 0.823. The molecule has 0 aromatic heterocycles. The van der Waals surface area contributed by atoms with Gasteiger partial charge in [0.25, 0.3) is 0 Å². The largest absolute Gasteiger partial charge is 0.385 e. The number of nitrogens with one attached hydrogen (secondary N) is 1. The van der Waals surface area contributed by atoms with E-state index in [0.717, 1.165) is 19.4 Å². The molecule has 0 aliphatic rings. The van der Waals surface area contributed by atoms with E-state index >= 15 is 0 Å². The first-order chi connectivity index (χ1) is 7.69. The maximum atomic E-state index is 13.1. The van der Waals surface area contributed by atoms with Gasteiger partial charge in [-0.15, -0.1) is 0 Å². The van der Waals surface area contributed by atoms with E-state index in [0.29, 0.717) is 17.2 Å². The van der Waals surface area contributed by atoms with Crippen molar-refractivity contribution >= 4 is 5.69 Å². The van der Waals surface area contributed by atoms with Crippen LogP contribution in [0.15, 0.2) is 18.2 Å². The molecule has 0 aliphatic heterocycles. The van der Waals surface area contributed by atoms with Gasteiger partial charge in [0.15, 0.2) is 0 Å². The summed E-state index contributed by atoms with van der Waals surface area (Å²) in [6.45, 7) is 5.10. The summed E-state index contributed by atoms with van der Waals surface area (Å²) in [6.07, 6.45) is 2.20. The van der Waals surface area contributed by atoms with Crippen LogP contribution in [0.1, 0.15) is 32.3 Å². The molecule has 1 N–H and O–H groups in total. The van der Waals surface area contributed by atoms with Crippen molar-refractivity contribution in [1.29, 1.82) is 5.26 Å². The van der Waals surface area contributed by atoms with Gasteiger partial charge in [-0.2, -0.15) is 5.26 Å². The molecule has 0 saturated heterocycles. The lowest BCUT2D eigenvalue weighted by molar-refractivity contribution is 0.519. The summed E-state index contributed by atoms with van der Waals surface area (Å²) in [6, 6.07) is 6.27. The van der Waals surface area contributed by atoms with Gasteiger partial charge in [-0.25, -0.2) is 4.39 Å². The van der Waals surface area contributed by atoms with Crippen molar-refractivity contribution < 1.29 is 4.39 Å². The SMILES string of the molecule is CCC(CC)CNc1cc(F)cc(C#N)c1. The highest BCUT2D eigenvalue weighted by Crippen LogP contribution is 2.15. The first-order valence-electron chi connectivity index (χ1n) is 5.64. The average Bonchev–Trinajstić information content (AvgIpc) is 2.29. The molecule has 3 heteroatoms. The van der Waals surface area contributed by atoms with Crippen LogP contribution in [-0.4, -0.2) is 6.54 Å². The minimum absolute atomic E-state index is 0.354. The highest BCUT2D eigenvalue weighted by atomic mass is 19.1. The average molecular weight is 220 g/mol. The Bertz CT molecular complexity index is 378. The molecule has 0 radical (unpaired) electrons. The zero-order valence-electron chi connectivity index (χ0n) is 9.76. The van der Waals surface area contributed by atoms with Gasteiger partial charge in [0.1, 0.15) is 5.82 Å². The molecule has 0 saturated carbocycles. The normalized spacial score (nSPS) is 10.2. The molecule has 0 unspecified atom stereocenters. The predicted octanol–water partition coefficient (Wildman–Crippen LogP) is 3.55. The number of anilines is 1. The van der Waals surface area contributed by atoms with Crippen LogP contribution in [0.3, 0.4) is 0 Å². The Morgan fingerprint density at radius 1 is 1.31 bits per heavy atom. The summed E-state index contributed by atoms with van der Waals surface area (Å²) >= 11 is 0. The van der Waals surface area contributed by atoms with E-state index in [-0.39, 0.29) is 5.82 Å². The van der Waals surface area contributed by atoms with Crippen LogP contribution in [0.2, 0.25) is 0 Å².